The van der Waals surface area contributed by atoms with Crippen molar-refractivity contribution in [1.82, 2.24) is 20.0 Å². The highest BCUT2D eigenvalue weighted by Gasteiger charge is 2.16. The molecule has 17 heavy (non-hydrogen) atoms. The predicted molar refractivity (Wildman–Crippen MR) is 62.5 cm³/mol. The second-order valence-electron chi connectivity index (χ2n) is 3.92. The summed E-state index contributed by atoms with van der Waals surface area (Å²) in [4.78, 5) is 12.0. The Bertz CT molecular complexity index is 526. The van der Waals surface area contributed by atoms with Gasteiger partial charge in [0, 0.05) is 29.7 Å². The first-order valence-electron chi connectivity index (χ1n) is 5.40. The van der Waals surface area contributed by atoms with Crippen LogP contribution < -0.4 is 5.73 Å². The van der Waals surface area contributed by atoms with Gasteiger partial charge in [0.05, 0.1) is 12.1 Å². The van der Waals surface area contributed by atoms with Gasteiger partial charge in [-0.2, -0.15) is 10.2 Å². The van der Waals surface area contributed by atoms with Crippen LogP contribution in [-0.2, 0) is 13.0 Å². The molecule has 0 aliphatic carbocycles. The maximum Gasteiger partial charge on any atom is 0.253 e. The average molecular weight is 233 g/mol. The number of carbonyl (C=O) groups excluding carboxylic acids is 1. The largest absolute Gasteiger partial charge is 0.326 e. The topological polar surface area (TPSA) is 89.6 Å². The fraction of sp³-hybridized carbons (Fsp3) is 0.364. The van der Waals surface area contributed by atoms with E-state index in [0.29, 0.717) is 6.54 Å². The Morgan fingerprint density at radius 1 is 1.53 bits per heavy atom. The zero-order valence-electron chi connectivity index (χ0n) is 9.90. The lowest BCUT2D eigenvalue weighted by Gasteiger charge is -2.02. The molecule has 2 aromatic heterocycles. The van der Waals surface area contributed by atoms with Crippen LogP contribution in [0.1, 0.15) is 27.4 Å². The molecule has 0 saturated carbocycles. The van der Waals surface area contributed by atoms with E-state index < -0.39 is 0 Å². The van der Waals surface area contributed by atoms with Crippen molar-refractivity contribution in [3.63, 3.8) is 0 Å². The van der Waals surface area contributed by atoms with Crippen molar-refractivity contribution in [3.05, 3.63) is 34.9 Å². The molecule has 0 saturated heterocycles. The van der Waals surface area contributed by atoms with E-state index in [1.807, 2.05) is 13.8 Å². The number of nitrogens with one attached hydrogen (secondary N) is 1. The molecule has 0 bridgehead atoms. The third kappa shape index (κ3) is 2.12. The van der Waals surface area contributed by atoms with Crippen molar-refractivity contribution in [2.24, 2.45) is 5.73 Å². The van der Waals surface area contributed by atoms with Crippen LogP contribution in [0.15, 0.2) is 12.3 Å². The van der Waals surface area contributed by atoms with E-state index in [2.05, 4.69) is 15.3 Å². The summed E-state index contributed by atoms with van der Waals surface area (Å²) < 4.78 is 1.42. The Labute approximate surface area is 98.8 Å². The highest BCUT2D eigenvalue weighted by molar-refractivity contribution is 5.81. The maximum atomic E-state index is 12.0. The molecule has 0 aliphatic rings. The number of aromatic amines is 1. The average Bonchev–Trinajstić information content (AvgIpc) is 2.87. The summed E-state index contributed by atoms with van der Waals surface area (Å²) >= 11 is 0. The summed E-state index contributed by atoms with van der Waals surface area (Å²) in [6, 6.07) is 1.77. The molecule has 3 N–H and O–H groups in total. The third-order valence-corrected chi connectivity index (χ3v) is 2.78. The van der Waals surface area contributed by atoms with E-state index in [1.54, 1.807) is 12.3 Å². The SMILES string of the molecule is Cc1nn(C(=O)Cc2ccn[nH]2)c(C)c1CN. The van der Waals surface area contributed by atoms with Gasteiger partial charge in [0.2, 0.25) is 0 Å². The lowest BCUT2D eigenvalue weighted by Crippen LogP contribution is -2.17. The van der Waals surface area contributed by atoms with Crippen molar-refractivity contribution in [2.45, 2.75) is 26.8 Å². The Kier molecular flexibility index (Phi) is 3.06. The van der Waals surface area contributed by atoms with Crippen LogP contribution in [0, 0.1) is 13.8 Å². The van der Waals surface area contributed by atoms with Crippen molar-refractivity contribution >= 4 is 5.91 Å². The monoisotopic (exact) mass is 233 g/mol. The molecule has 0 spiro atoms. The first kappa shape index (κ1) is 11.5. The summed E-state index contributed by atoms with van der Waals surface area (Å²) in [6.45, 7) is 4.11. The van der Waals surface area contributed by atoms with E-state index >= 15 is 0 Å². The van der Waals surface area contributed by atoms with Crippen molar-refractivity contribution in [1.29, 1.82) is 0 Å². The van der Waals surface area contributed by atoms with Gasteiger partial charge in [0.1, 0.15) is 0 Å². The van der Waals surface area contributed by atoms with Crippen molar-refractivity contribution in [3.8, 4) is 0 Å². The van der Waals surface area contributed by atoms with Crippen molar-refractivity contribution in [2.75, 3.05) is 0 Å². The Hall–Kier alpha value is -1.95. The Morgan fingerprint density at radius 2 is 2.29 bits per heavy atom. The summed E-state index contributed by atoms with van der Waals surface area (Å²) in [5.41, 5.74) is 8.95. The van der Waals surface area contributed by atoms with E-state index in [9.17, 15) is 4.79 Å². The molecule has 6 heteroatoms. The Balaban J connectivity index is 2.25. The normalized spacial score (nSPS) is 10.8. The number of aromatic nitrogens is 4. The van der Waals surface area contributed by atoms with Gasteiger partial charge in [-0.3, -0.25) is 9.89 Å². The van der Waals surface area contributed by atoms with Gasteiger partial charge in [-0.15, -0.1) is 0 Å². The zero-order valence-corrected chi connectivity index (χ0v) is 9.90. The third-order valence-electron chi connectivity index (χ3n) is 2.78. The summed E-state index contributed by atoms with van der Waals surface area (Å²) in [5, 5.41) is 10.8. The quantitative estimate of drug-likeness (QED) is 0.810. The van der Waals surface area contributed by atoms with Gasteiger partial charge in [0.25, 0.3) is 5.91 Å². The van der Waals surface area contributed by atoms with Crippen LogP contribution in [0.4, 0.5) is 0 Å². The number of hydrogen-bond acceptors (Lipinski definition) is 4. The minimum Gasteiger partial charge on any atom is -0.326 e. The lowest BCUT2D eigenvalue weighted by atomic mass is 10.2. The molecular weight excluding hydrogens is 218 g/mol. The molecule has 2 heterocycles. The number of nitrogens with zero attached hydrogens (tertiary/aromatic N) is 3. The van der Waals surface area contributed by atoms with Gasteiger partial charge < -0.3 is 5.73 Å². The molecule has 2 rings (SSSR count). The van der Waals surface area contributed by atoms with E-state index in [-0.39, 0.29) is 12.3 Å². The van der Waals surface area contributed by atoms with Gasteiger partial charge in [-0.05, 0) is 19.9 Å². The molecule has 6 nitrogen and oxygen atoms in total. The highest BCUT2D eigenvalue weighted by atomic mass is 16.2. The zero-order chi connectivity index (χ0) is 12.4. The first-order valence-corrected chi connectivity index (χ1v) is 5.40. The molecule has 0 atom stereocenters. The summed E-state index contributed by atoms with van der Waals surface area (Å²) in [5.74, 6) is -0.0884. The maximum absolute atomic E-state index is 12.0. The Morgan fingerprint density at radius 3 is 2.82 bits per heavy atom. The number of aryl methyl sites for hydroxylation is 1. The highest BCUT2D eigenvalue weighted by Crippen LogP contribution is 2.12. The first-order chi connectivity index (χ1) is 8.13. The molecule has 0 aromatic carbocycles. The van der Waals surface area contributed by atoms with Crippen LogP contribution in [0.25, 0.3) is 0 Å². The van der Waals surface area contributed by atoms with Gasteiger partial charge in [-0.1, -0.05) is 0 Å². The standard InChI is InChI=1S/C11H15N5O/c1-7-10(6-12)8(2)16(15-7)11(17)5-9-3-4-13-14-9/h3-4H,5-6,12H2,1-2H3,(H,13,14). The fourth-order valence-corrected chi connectivity index (χ4v) is 1.83. The lowest BCUT2D eigenvalue weighted by molar-refractivity contribution is 0.0894. The van der Waals surface area contributed by atoms with Crippen molar-refractivity contribution < 1.29 is 4.79 Å². The molecule has 0 radical (unpaired) electrons. The molecule has 2 aromatic rings. The van der Waals surface area contributed by atoms with Crippen LogP contribution in [0.2, 0.25) is 0 Å². The molecule has 0 amide bonds. The number of hydrogen-bond donors (Lipinski definition) is 2. The van der Waals surface area contributed by atoms with Gasteiger partial charge in [-0.25, -0.2) is 4.68 Å². The predicted octanol–water partition coefficient (Wildman–Crippen LogP) is 0.565. The minimum absolute atomic E-state index is 0.0884. The van der Waals surface area contributed by atoms with Crippen LogP contribution in [0.3, 0.4) is 0 Å². The molecule has 0 fully saturated rings. The second kappa shape index (κ2) is 4.50. The van der Waals surface area contributed by atoms with Crippen LogP contribution in [0.5, 0.6) is 0 Å². The number of H-pyrrole nitrogens is 1. The summed E-state index contributed by atoms with van der Waals surface area (Å²) in [6.07, 6.45) is 1.88. The van der Waals surface area contributed by atoms with E-state index in [1.165, 1.54) is 4.68 Å². The molecule has 0 aliphatic heterocycles. The molecule has 90 valence electrons. The fourth-order valence-electron chi connectivity index (χ4n) is 1.83. The summed E-state index contributed by atoms with van der Waals surface area (Å²) in [7, 11) is 0. The van der Waals surface area contributed by atoms with E-state index in [4.69, 9.17) is 5.73 Å². The molecular formula is C11H15N5O. The number of nitrogens with two attached hydrogens (primary N) is 1. The number of rotatable bonds is 3. The van der Waals surface area contributed by atoms with Gasteiger partial charge >= 0.3 is 0 Å². The smallest absolute Gasteiger partial charge is 0.253 e. The van der Waals surface area contributed by atoms with Gasteiger partial charge in [0.15, 0.2) is 0 Å². The number of carbonyl (C=O) groups is 1. The minimum atomic E-state index is -0.0884. The van der Waals surface area contributed by atoms with E-state index in [0.717, 1.165) is 22.6 Å². The van der Waals surface area contributed by atoms with Crippen LogP contribution >= 0.6 is 0 Å². The van der Waals surface area contributed by atoms with Crippen LogP contribution in [-0.4, -0.2) is 25.9 Å². The second-order valence-corrected chi connectivity index (χ2v) is 3.92. The molecule has 0 unspecified atom stereocenters.